The van der Waals surface area contributed by atoms with Crippen molar-refractivity contribution < 1.29 is 14.2 Å². The summed E-state index contributed by atoms with van der Waals surface area (Å²) in [6.07, 6.45) is 9.79. The molecule has 2 aromatic rings. The van der Waals surface area contributed by atoms with Crippen molar-refractivity contribution in [2.45, 2.75) is 64.0 Å². The summed E-state index contributed by atoms with van der Waals surface area (Å²) in [4.78, 5) is 8.18. The van der Waals surface area contributed by atoms with Crippen LogP contribution in [0.2, 0.25) is 0 Å². The van der Waals surface area contributed by atoms with Gasteiger partial charge in [0, 0.05) is 17.7 Å². The average Bonchev–Trinajstić information content (AvgIpc) is 3.12. The third-order valence-corrected chi connectivity index (χ3v) is 5.98. The van der Waals surface area contributed by atoms with Crippen molar-refractivity contribution in [3.05, 3.63) is 24.4 Å². The molecule has 0 spiro atoms. The Kier molecular flexibility index (Phi) is 4.53. The van der Waals surface area contributed by atoms with Gasteiger partial charge >= 0.3 is 0 Å². The maximum Gasteiger partial charge on any atom is 0.255 e. The molecule has 0 saturated heterocycles. The highest BCUT2D eigenvalue weighted by Crippen LogP contribution is 2.52. The second-order valence-electron chi connectivity index (χ2n) is 8.29. The predicted molar refractivity (Wildman–Crippen MR) is 98.5 cm³/mol. The molecule has 0 radical (unpaired) electrons. The minimum Gasteiger partial charge on any atom is -0.475 e. The fourth-order valence-corrected chi connectivity index (χ4v) is 4.01. The minimum absolute atomic E-state index is 0.0217. The number of fused-ring (bicyclic) bond motifs is 3. The molecule has 0 unspecified atom stereocenters. The van der Waals surface area contributed by atoms with Crippen molar-refractivity contribution in [1.82, 2.24) is 19.7 Å². The Morgan fingerprint density at radius 1 is 1.22 bits per heavy atom. The molecule has 3 fully saturated rings. The fourth-order valence-electron chi connectivity index (χ4n) is 4.01. The van der Waals surface area contributed by atoms with E-state index >= 15 is 0 Å². The molecule has 0 aromatic carbocycles. The molecule has 8 heteroatoms. The lowest BCUT2D eigenvalue weighted by Crippen LogP contribution is -2.48. The molecule has 2 aromatic heterocycles. The van der Waals surface area contributed by atoms with Crippen molar-refractivity contribution in [2.75, 3.05) is 11.9 Å². The summed E-state index contributed by atoms with van der Waals surface area (Å²) in [5, 5.41) is 17.6. The molecule has 2 heterocycles. The molecule has 0 aliphatic heterocycles. The lowest BCUT2D eigenvalue weighted by Gasteiger charge is -2.50. The SMILES string of the molecule is CC(C)n1cc(Nc2ncc(F)c(OCC34CCC(O)(CC3)CC4)n2)cn1. The van der Waals surface area contributed by atoms with Crippen LogP contribution >= 0.6 is 0 Å². The minimum atomic E-state index is -0.571. The van der Waals surface area contributed by atoms with Gasteiger partial charge in [0.1, 0.15) is 0 Å². The van der Waals surface area contributed by atoms with E-state index in [1.165, 1.54) is 0 Å². The van der Waals surface area contributed by atoms with Gasteiger partial charge in [-0.1, -0.05) is 0 Å². The molecule has 0 amide bonds. The first-order valence-corrected chi connectivity index (χ1v) is 9.55. The van der Waals surface area contributed by atoms with E-state index in [4.69, 9.17) is 4.74 Å². The van der Waals surface area contributed by atoms with Crippen molar-refractivity contribution in [3.8, 4) is 5.88 Å². The molecule has 146 valence electrons. The van der Waals surface area contributed by atoms with E-state index < -0.39 is 11.4 Å². The van der Waals surface area contributed by atoms with E-state index in [-0.39, 0.29) is 23.3 Å². The molecular weight excluding hydrogens is 349 g/mol. The van der Waals surface area contributed by atoms with Gasteiger partial charge in [0.25, 0.3) is 5.88 Å². The zero-order chi connectivity index (χ0) is 19.1. The van der Waals surface area contributed by atoms with Crippen LogP contribution in [0.1, 0.15) is 58.4 Å². The van der Waals surface area contributed by atoms with Crippen LogP contribution in [0.4, 0.5) is 16.0 Å². The van der Waals surface area contributed by atoms with Gasteiger partial charge in [-0.3, -0.25) is 4.68 Å². The van der Waals surface area contributed by atoms with E-state index in [0.29, 0.717) is 6.61 Å². The molecule has 5 rings (SSSR count). The molecule has 3 aliphatic carbocycles. The van der Waals surface area contributed by atoms with Gasteiger partial charge in [0.2, 0.25) is 11.8 Å². The van der Waals surface area contributed by atoms with E-state index in [1.807, 2.05) is 24.7 Å². The van der Waals surface area contributed by atoms with Crippen LogP contribution in [-0.2, 0) is 0 Å². The molecule has 27 heavy (non-hydrogen) atoms. The highest BCUT2D eigenvalue weighted by Gasteiger charge is 2.48. The van der Waals surface area contributed by atoms with Crippen LogP contribution in [0.15, 0.2) is 18.6 Å². The van der Waals surface area contributed by atoms with Gasteiger partial charge in [-0.25, -0.2) is 4.98 Å². The molecule has 7 nitrogen and oxygen atoms in total. The summed E-state index contributed by atoms with van der Waals surface area (Å²) < 4.78 is 21.7. The van der Waals surface area contributed by atoms with Gasteiger partial charge in [-0.2, -0.15) is 14.5 Å². The molecular formula is C19H26FN5O2. The summed E-state index contributed by atoms with van der Waals surface area (Å²) in [5.74, 6) is -0.337. The summed E-state index contributed by atoms with van der Waals surface area (Å²) in [6, 6.07) is 0.247. The highest BCUT2D eigenvalue weighted by atomic mass is 19.1. The molecule has 2 N–H and O–H groups in total. The zero-order valence-electron chi connectivity index (χ0n) is 15.8. The summed E-state index contributed by atoms with van der Waals surface area (Å²) in [5.41, 5.74) is 0.270. The van der Waals surface area contributed by atoms with E-state index in [9.17, 15) is 9.50 Å². The number of nitrogens with zero attached hydrogens (tertiary/aromatic N) is 4. The first-order valence-electron chi connectivity index (χ1n) is 9.55. The van der Waals surface area contributed by atoms with Gasteiger partial charge in [-0.15, -0.1) is 0 Å². The number of nitrogens with one attached hydrogen (secondary N) is 1. The van der Waals surface area contributed by atoms with Gasteiger partial charge in [0.05, 0.1) is 30.3 Å². The number of hydrogen-bond donors (Lipinski definition) is 2. The molecule has 2 bridgehead atoms. The van der Waals surface area contributed by atoms with E-state index in [2.05, 4.69) is 20.4 Å². The third kappa shape index (κ3) is 3.76. The Labute approximate surface area is 158 Å². The smallest absolute Gasteiger partial charge is 0.255 e. The molecule has 3 aliphatic rings. The van der Waals surface area contributed by atoms with Crippen LogP contribution in [0.3, 0.4) is 0 Å². The second kappa shape index (κ2) is 6.74. The lowest BCUT2D eigenvalue weighted by molar-refractivity contribution is -0.104. The number of ether oxygens (including phenoxy) is 1. The highest BCUT2D eigenvalue weighted by molar-refractivity contribution is 5.50. The molecule has 3 saturated carbocycles. The fraction of sp³-hybridized carbons (Fsp3) is 0.632. The lowest BCUT2D eigenvalue weighted by atomic mass is 9.59. The van der Waals surface area contributed by atoms with Crippen LogP contribution in [-0.4, -0.2) is 37.1 Å². The Hall–Kier alpha value is -2.22. The Bertz CT molecular complexity index is 798. The van der Waals surface area contributed by atoms with Crippen LogP contribution in [0.5, 0.6) is 5.88 Å². The zero-order valence-corrected chi connectivity index (χ0v) is 15.8. The number of halogens is 1. The molecule has 0 atom stereocenters. The largest absolute Gasteiger partial charge is 0.475 e. The Balaban J connectivity index is 1.43. The second-order valence-corrected chi connectivity index (χ2v) is 8.29. The average molecular weight is 375 g/mol. The Morgan fingerprint density at radius 3 is 2.56 bits per heavy atom. The predicted octanol–water partition coefficient (Wildman–Crippen LogP) is 3.60. The maximum absolute atomic E-state index is 14.1. The van der Waals surface area contributed by atoms with Gasteiger partial charge in [0.15, 0.2) is 0 Å². The quantitative estimate of drug-likeness (QED) is 0.802. The van der Waals surface area contributed by atoms with Gasteiger partial charge < -0.3 is 15.2 Å². The van der Waals surface area contributed by atoms with Crippen LogP contribution in [0.25, 0.3) is 0 Å². The standard InChI is InChI=1S/C19H26FN5O2/c1-13(2)25-11-14(9-22-25)23-17-21-10-15(20)16(24-17)27-12-18-3-6-19(26,7-4-18)8-5-18/h9-11,13,26H,3-8,12H2,1-2H3,(H,21,23,24). The van der Waals surface area contributed by atoms with E-state index in [1.54, 1.807) is 6.20 Å². The first kappa shape index (κ1) is 18.2. The Morgan fingerprint density at radius 2 is 1.93 bits per heavy atom. The van der Waals surface area contributed by atoms with Crippen molar-refractivity contribution >= 4 is 11.6 Å². The maximum atomic E-state index is 14.1. The van der Waals surface area contributed by atoms with Crippen molar-refractivity contribution in [1.29, 1.82) is 0 Å². The number of rotatable bonds is 6. The monoisotopic (exact) mass is 375 g/mol. The van der Waals surface area contributed by atoms with Crippen molar-refractivity contribution in [3.63, 3.8) is 0 Å². The number of aromatic nitrogens is 4. The first-order chi connectivity index (χ1) is 12.9. The van der Waals surface area contributed by atoms with E-state index in [0.717, 1.165) is 50.4 Å². The summed E-state index contributed by atoms with van der Waals surface area (Å²) >= 11 is 0. The summed E-state index contributed by atoms with van der Waals surface area (Å²) in [6.45, 7) is 4.49. The van der Waals surface area contributed by atoms with Gasteiger partial charge in [-0.05, 0) is 52.4 Å². The number of anilines is 2. The number of aliphatic hydroxyl groups is 1. The van der Waals surface area contributed by atoms with Crippen molar-refractivity contribution in [2.24, 2.45) is 5.41 Å². The normalized spacial score (nSPS) is 27.1. The third-order valence-electron chi connectivity index (χ3n) is 5.98. The summed E-state index contributed by atoms with van der Waals surface area (Å²) in [7, 11) is 0. The number of hydrogen-bond acceptors (Lipinski definition) is 6. The van der Waals surface area contributed by atoms with Crippen LogP contribution in [0, 0.1) is 11.2 Å². The van der Waals surface area contributed by atoms with Crippen LogP contribution < -0.4 is 10.1 Å². The topological polar surface area (TPSA) is 85.1 Å².